The summed E-state index contributed by atoms with van der Waals surface area (Å²) in [7, 11) is 0. The van der Waals surface area contributed by atoms with Gasteiger partial charge in [0.2, 0.25) is 0 Å². The number of hydrogen-bond acceptors (Lipinski definition) is 8. The molecule has 3 atom stereocenters. The van der Waals surface area contributed by atoms with Crippen molar-refractivity contribution in [3.8, 4) is 11.1 Å². The van der Waals surface area contributed by atoms with Crippen LogP contribution in [-0.4, -0.2) is 94.8 Å². The molecule has 48 heavy (non-hydrogen) atoms. The van der Waals surface area contributed by atoms with Gasteiger partial charge < -0.3 is 19.3 Å². The van der Waals surface area contributed by atoms with Crippen molar-refractivity contribution in [2.24, 2.45) is 5.41 Å². The molecule has 0 bridgehead atoms. The summed E-state index contributed by atoms with van der Waals surface area (Å²) in [5, 5.41) is 0.819. The molecule has 12 heteroatoms. The van der Waals surface area contributed by atoms with Crippen molar-refractivity contribution in [2.75, 3.05) is 56.6 Å². The van der Waals surface area contributed by atoms with Gasteiger partial charge in [-0.1, -0.05) is 0 Å². The van der Waals surface area contributed by atoms with Gasteiger partial charge in [0, 0.05) is 58.3 Å². The van der Waals surface area contributed by atoms with Crippen LogP contribution in [0.4, 0.5) is 19.4 Å². The van der Waals surface area contributed by atoms with Crippen molar-refractivity contribution in [1.82, 2.24) is 19.4 Å². The Balaban J connectivity index is 1.30. The molecule has 0 unspecified atom stereocenters. The minimum atomic E-state index is -0.636. The molecule has 2 aromatic carbocycles. The second-order valence-corrected chi connectivity index (χ2v) is 16.3. The number of rotatable bonds is 4. The highest BCUT2D eigenvalue weighted by molar-refractivity contribution is 7.99. The number of piperidine rings is 1. The summed E-state index contributed by atoms with van der Waals surface area (Å²) >= 11 is 1.63. The number of carbonyl (C=O) groups is 1. The van der Waals surface area contributed by atoms with E-state index in [2.05, 4.69) is 9.80 Å². The number of anilines is 1. The van der Waals surface area contributed by atoms with E-state index in [0.29, 0.717) is 41.2 Å². The highest BCUT2D eigenvalue weighted by Crippen LogP contribution is 2.47. The molecule has 1 amide bonds. The lowest BCUT2D eigenvalue weighted by atomic mass is 9.77. The molecule has 0 N–H and O–H groups in total. The number of carbonyl (C=O) groups excluding carboxylic acids is 1. The number of amides is 1. The first kappa shape index (κ1) is 33.3. The number of benzene rings is 2. The summed E-state index contributed by atoms with van der Waals surface area (Å²) in [5.41, 5.74) is 1.90. The van der Waals surface area contributed by atoms with Crippen molar-refractivity contribution in [3.63, 3.8) is 0 Å². The Bertz CT molecular complexity index is 1800. The lowest BCUT2D eigenvalue weighted by Crippen LogP contribution is -2.60. The Morgan fingerprint density at radius 1 is 1.10 bits per heavy atom. The van der Waals surface area contributed by atoms with Gasteiger partial charge in [0.05, 0.1) is 36.9 Å². The number of hydrogen-bond donors (Lipinski definition) is 0. The van der Waals surface area contributed by atoms with Gasteiger partial charge in [-0.3, -0.25) is 9.47 Å². The summed E-state index contributed by atoms with van der Waals surface area (Å²) in [6.07, 6.45) is 1.81. The van der Waals surface area contributed by atoms with Gasteiger partial charge in [0.1, 0.15) is 23.1 Å². The van der Waals surface area contributed by atoms with Crippen LogP contribution in [0.1, 0.15) is 59.1 Å². The van der Waals surface area contributed by atoms with Gasteiger partial charge >= 0.3 is 11.8 Å². The molecule has 3 saturated heterocycles. The second-order valence-electron chi connectivity index (χ2n) is 15.3. The maximum absolute atomic E-state index is 15.4. The number of piperazine rings is 1. The molecule has 4 aliphatic heterocycles. The average Bonchev–Trinajstić information content (AvgIpc) is 2.98. The number of thioether (sulfide) groups is 1. The van der Waals surface area contributed by atoms with E-state index in [1.165, 1.54) is 12.1 Å². The lowest BCUT2D eigenvalue weighted by molar-refractivity contribution is -0.140. The van der Waals surface area contributed by atoms with Crippen molar-refractivity contribution in [2.45, 2.75) is 83.0 Å². The predicted octanol–water partition coefficient (Wildman–Crippen LogP) is 6.24. The van der Waals surface area contributed by atoms with E-state index in [9.17, 15) is 14.0 Å². The summed E-state index contributed by atoms with van der Waals surface area (Å²) in [4.78, 5) is 39.3. The Hall–Kier alpha value is -3.22. The third kappa shape index (κ3) is 5.98. The van der Waals surface area contributed by atoms with Crippen molar-refractivity contribution in [3.05, 3.63) is 51.9 Å². The average molecular weight is 682 g/mol. The fourth-order valence-corrected chi connectivity index (χ4v) is 9.35. The summed E-state index contributed by atoms with van der Waals surface area (Å²) in [6.45, 7) is 16.7. The highest BCUT2D eigenvalue weighted by Gasteiger charge is 2.42. The van der Waals surface area contributed by atoms with Crippen LogP contribution in [0.15, 0.2) is 34.0 Å². The Morgan fingerprint density at radius 3 is 2.40 bits per heavy atom. The molecule has 7 rings (SSSR count). The first-order chi connectivity index (χ1) is 22.7. The van der Waals surface area contributed by atoms with Crippen LogP contribution in [0.2, 0.25) is 0 Å². The number of aromatic nitrogens is 2. The topological polar surface area (TPSA) is 80.1 Å². The normalized spacial score (nSPS) is 24.2. The van der Waals surface area contributed by atoms with Gasteiger partial charge in [-0.05, 0) is 91.2 Å². The van der Waals surface area contributed by atoms with Crippen LogP contribution in [-0.2, 0) is 9.47 Å². The van der Waals surface area contributed by atoms with E-state index in [1.807, 2.05) is 52.2 Å². The first-order valence-corrected chi connectivity index (χ1v) is 18.0. The summed E-state index contributed by atoms with van der Waals surface area (Å²) in [6, 6.07) is 5.15. The van der Waals surface area contributed by atoms with Crippen LogP contribution in [0.3, 0.4) is 0 Å². The molecular formula is C36H45F2N5O4S. The molecule has 258 valence electrons. The first-order valence-electron chi connectivity index (χ1n) is 17.0. The number of ether oxygens (including phenoxy) is 2. The van der Waals surface area contributed by atoms with E-state index in [4.69, 9.17) is 14.5 Å². The molecule has 0 saturated carbocycles. The van der Waals surface area contributed by atoms with Crippen molar-refractivity contribution >= 4 is 34.6 Å². The van der Waals surface area contributed by atoms with Crippen molar-refractivity contribution < 1.29 is 23.0 Å². The second kappa shape index (κ2) is 12.3. The van der Waals surface area contributed by atoms with E-state index >= 15 is 4.39 Å². The van der Waals surface area contributed by atoms with Crippen molar-refractivity contribution in [1.29, 1.82) is 0 Å². The molecule has 5 heterocycles. The zero-order valence-electron chi connectivity index (χ0n) is 28.6. The number of aryl methyl sites for hydroxylation is 1. The lowest BCUT2D eigenvalue weighted by Gasteiger charge is -2.48. The summed E-state index contributed by atoms with van der Waals surface area (Å²) < 4.78 is 42.5. The molecule has 1 spiro atoms. The van der Waals surface area contributed by atoms with Crippen LogP contribution >= 0.6 is 11.8 Å². The third-order valence-corrected chi connectivity index (χ3v) is 11.6. The standard InChI is InChI=1S/C36H45F2N5O4S/c1-21-13-27-30-31(29(21)26-8-7-24(37)14-28(26)38)48-18-25(17-40-11-9-36(10-12-40)19-46-20-36)43(30)33(44)39-32(27)41-15-22(2)42(23(3)16-41)34(45)47-35(4,5)6/h7-8,13-14,22-23,25H,9-12,15-20H2,1-6H3/t22-,23+,25-/m0/s1. The number of halogens is 2. The molecule has 3 aromatic rings. The van der Waals surface area contributed by atoms with E-state index in [0.717, 1.165) is 73.1 Å². The van der Waals surface area contributed by atoms with E-state index in [1.54, 1.807) is 16.7 Å². The SMILES string of the molecule is Cc1cc2c(N3C[C@@H](C)N(C(=O)OC(C)(C)C)[C@@H](C)C3)nc(=O)n3c2c(c1-c1ccc(F)cc1F)SC[C@@H]3CN1CCC2(CC1)COC2. The maximum Gasteiger partial charge on any atom is 0.410 e. The molecular weight excluding hydrogens is 636 g/mol. The van der Waals surface area contributed by atoms with E-state index < -0.39 is 17.2 Å². The Labute approximate surface area is 284 Å². The molecule has 1 aromatic heterocycles. The molecule has 0 aliphatic carbocycles. The Morgan fingerprint density at radius 2 is 1.79 bits per heavy atom. The maximum atomic E-state index is 15.4. The quantitative estimate of drug-likeness (QED) is 0.320. The smallest absolute Gasteiger partial charge is 0.410 e. The highest BCUT2D eigenvalue weighted by atomic mass is 32.2. The minimum Gasteiger partial charge on any atom is -0.444 e. The summed E-state index contributed by atoms with van der Waals surface area (Å²) in [5.74, 6) is -0.0708. The predicted molar refractivity (Wildman–Crippen MR) is 184 cm³/mol. The number of likely N-dealkylation sites (tertiary alicyclic amines) is 1. The van der Waals surface area contributed by atoms with Gasteiger partial charge in [-0.25, -0.2) is 18.4 Å². The molecule has 4 aliphatic rings. The van der Waals surface area contributed by atoms with Gasteiger partial charge in [-0.2, -0.15) is 4.98 Å². The van der Waals surface area contributed by atoms with E-state index in [-0.39, 0.29) is 29.9 Å². The minimum absolute atomic E-state index is 0.124. The monoisotopic (exact) mass is 681 g/mol. The zero-order chi connectivity index (χ0) is 34.1. The third-order valence-electron chi connectivity index (χ3n) is 10.4. The fourth-order valence-electron chi connectivity index (χ4n) is 7.98. The zero-order valence-corrected chi connectivity index (χ0v) is 29.5. The van der Waals surface area contributed by atoms with Crippen LogP contribution in [0.5, 0.6) is 0 Å². The Kier molecular flexibility index (Phi) is 8.51. The van der Waals surface area contributed by atoms with Gasteiger partial charge in [-0.15, -0.1) is 11.8 Å². The molecule has 0 radical (unpaired) electrons. The number of nitrogens with zero attached hydrogens (tertiary/aromatic N) is 5. The van der Waals surface area contributed by atoms with Crippen LogP contribution in [0, 0.1) is 24.0 Å². The van der Waals surface area contributed by atoms with Gasteiger partial charge in [0.25, 0.3) is 0 Å². The van der Waals surface area contributed by atoms with Crippen LogP contribution < -0.4 is 10.6 Å². The molecule has 3 fully saturated rings. The largest absolute Gasteiger partial charge is 0.444 e. The van der Waals surface area contributed by atoms with Gasteiger partial charge in [0.15, 0.2) is 0 Å². The fraction of sp³-hybridized carbons (Fsp3) is 0.583. The van der Waals surface area contributed by atoms with Crippen LogP contribution in [0.25, 0.3) is 22.0 Å². The molecule has 9 nitrogen and oxygen atoms in total.